The SMILES string of the molecule is N#Cc1cc(NSc2cc(C(=O)O)c(F)cc2C2CC2)c(OC2CC(F)(F)C2)cc1Cl. The molecule has 2 aromatic rings. The molecule has 0 heterocycles. The molecule has 0 amide bonds. The van der Waals surface area contributed by atoms with Gasteiger partial charge in [-0.2, -0.15) is 5.26 Å². The van der Waals surface area contributed by atoms with Crippen LogP contribution in [0.15, 0.2) is 29.2 Å². The van der Waals surface area contributed by atoms with E-state index in [1.165, 1.54) is 24.3 Å². The number of nitrogens with one attached hydrogen (secondary N) is 1. The Morgan fingerprint density at radius 2 is 2.00 bits per heavy atom. The number of nitrogens with zero attached hydrogens (tertiary/aromatic N) is 1. The maximum absolute atomic E-state index is 14.1. The second kappa shape index (κ2) is 8.17. The summed E-state index contributed by atoms with van der Waals surface area (Å²) in [6.07, 6.45) is 0.245. The highest BCUT2D eigenvalue weighted by Crippen LogP contribution is 2.46. The van der Waals surface area contributed by atoms with E-state index in [4.69, 9.17) is 16.3 Å². The Kier molecular flexibility index (Phi) is 5.71. The number of carbonyl (C=O) groups is 1. The molecule has 2 aliphatic rings. The van der Waals surface area contributed by atoms with Gasteiger partial charge >= 0.3 is 5.97 Å². The second-order valence-corrected chi connectivity index (χ2v) is 8.85. The highest BCUT2D eigenvalue weighted by molar-refractivity contribution is 8.00. The third-order valence-electron chi connectivity index (χ3n) is 5.15. The van der Waals surface area contributed by atoms with Crippen LogP contribution in [0.2, 0.25) is 5.02 Å². The minimum atomic E-state index is -2.76. The van der Waals surface area contributed by atoms with Crippen LogP contribution in [0.1, 0.15) is 53.1 Å². The summed E-state index contributed by atoms with van der Waals surface area (Å²) in [5.74, 6) is -4.59. The summed E-state index contributed by atoms with van der Waals surface area (Å²) in [4.78, 5) is 11.9. The van der Waals surface area contributed by atoms with Crippen LogP contribution in [0.25, 0.3) is 0 Å². The van der Waals surface area contributed by atoms with Crippen molar-refractivity contribution in [2.75, 3.05) is 4.72 Å². The van der Waals surface area contributed by atoms with Crippen molar-refractivity contribution in [1.82, 2.24) is 0 Å². The fourth-order valence-corrected chi connectivity index (χ4v) is 4.43. The number of rotatable bonds is 7. The maximum atomic E-state index is 14.1. The minimum absolute atomic E-state index is 0.118. The number of halogens is 4. The summed E-state index contributed by atoms with van der Waals surface area (Å²) in [6.45, 7) is 0. The Balaban J connectivity index is 1.61. The molecular weight excluding hydrogens is 453 g/mol. The highest BCUT2D eigenvalue weighted by Gasteiger charge is 2.47. The molecule has 0 bridgehead atoms. The van der Waals surface area contributed by atoms with Crippen molar-refractivity contribution in [3.05, 3.63) is 51.8 Å². The molecule has 0 unspecified atom stereocenters. The van der Waals surface area contributed by atoms with Crippen molar-refractivity contribution >= 4 is 35.2 Å². The van der Waals surface area contributed by atoms with E-state index in [2.05, 4.69) is 4.72 Å². The average molecular weight is 469 g/mol. The van der Waals surface area contributed by atoms with Crippen molar-refractivity contribution < 1.29 is 27.8 Å². The summed E-state index contributed by atoms with van der Waals surface area (Å²) in [7, 11) is 0. The Morgan fingerprint density at radius 1 is 1.29 bits per heavy atom. The number of hydrogen-bond acceptors (Lipinski definition) is 5. The van der Waals surface area contributed by atoms with Gasteiger partial charge in [0, 0.05) is 23.8 Å². The van der Waals surface area contributed by atoms with E-state index in [1.807, 2.05) is 6.07 Å². The van der Waals surface area contributed by atoms with Gasteiger partial charge in [-0.25, -0.2) is 18.0 Å². The van der Waals surface area contributed by atoms with Gasteiger partial charge in [-0.1, -0.05) is 11.6 Å². The highest BCUT2D eigenvalue weighted by atomic mass is 35.5. The molecule has 0 aromatic heterocycles. The van der Waals surface area contributed by atoms with E-state index >= 15 is 0 Å². The van der Waals surface area contributed by atoms with Crippen molar-refractivity contribution in [2.45, 2.75) is 48.5 Å². The first kappa shape index (κ1) is 21.7. The first-order valence-electron chi connectivity index (χ1n) is 9.44. The second-order valence-electron chi connectivity index (χ2n) is 7.60. The summed E-state index contributed by atoms with van der Waals surface area (Å²) in [5, 5.41) is 18.6. The molecule has 2 aliphatic carbocycles. The molecular formula is C21H16ClF3N2O3S. The largest absolute Gasteiger partial charge is 0.488 e. The molecule has 0 saturated heterocycles. The average Bonchev–Trinajstić information content (AvgIpc) is 3.51. The van der Waals surface area contributed by atoms with Gasteiger partial charge in [-0.3, -0.25) is 0 Å². The monoisotopic (exact) mass is 468 g/mol. The van der Waals surface area contributed by atoms with Crippen LogP contribution in [0, 0.1) is 17.1 Å². The van der Waals surface area contributed by atoms with Crippen LogP contribution in [-0.4, -0.2) is 23.1 Å². The number of alkyl halides is 2. The first-order valence-corrected chi connectivity index (χ1v) is 10.6. The Hall–Kier alpha value is -2.57. The van der Waals surface area contributed by atoms with Crippen LogP contribution < -0.4 is 9.46 Å². The zero-order valence-corrected chi connectivity index (χ0v) is 17.5. The van der Waals surface area contributed by atoms with E-state index < -0.39 is 42.2 Å². The van der Waals surface area contributed by atoms with Gasteiger partial charge in [0.1, 0.15) is 23.7 Å². The van der Waals surface area contributed by atoms with E-state index in [1.54, 1.807) is 0 Å². The summed E-state index contributed by atoms with van der Waals surface area (Å²) >= 11 is 7.12. The van der Waals surface area contributed by atoms with Crippen molar-refractivity contribution in [1.29, 1.82) is 5.26 Å². The third-order valence-corrected chi connectivity index (χ3v) is 6.36. The van der Waals surface area contributed by atoms with Gasteiger partial charge in [0.25, 0.3) is 5.92 Å². The van der Waals surface area contributed by atoms with Crippen molar-refractivity contribution in [2.24, 2.45) is 0 Å². The number of ether oxygens (including phenoxy) is 1. The molecule has 4 rings (SSSR count). The lowest BCUT2D eigenvalue weighted by molar-refractivity contribution is -0.134. The molecule has 2 N–H and O–H groups in total. The lowest BCUT2D eigenvalue weighted by Crippen LogP contribution is -2.43. The normalized spacial score (nSPS) is 17.5. The lowest BCUT2D eigenvalue weighted by atomic mass is 9.91. The smallest absolute Gasteiger partial charge is 0.338 e. The van der Waals surface area contributed by atoms with Crippen LogP contribution in [0.4, 0.5) is 18.9 Å². The third kappa shape index (κ3) is 4.70. The number of carboxylic acid groups (broad SMARTS) is 1. The van der Waals surface area contributed by atoms with Crippen LogP contribution in [-0.2, 0) is 0 Å². The fourth-order valence-electron chi connectivity index (χ4n) is 3.33. The van der Waals surface area contributed by atoms with Crippen molar-refractivity contribution in [3.8, 4) is 11.8 Å². The Bertz CT molecular complexity index is 1090. The summed E-state index contributed by atoms with van der Waals surface area (Å²) < 4.78 is 49.1. The molecule has 31 heavy (non-hydrogen) atoms. The van der Waals surface area contributed by atoms with E-state index in [0.717, 1.165) is 24.8 Å². The Labute approximate surface area is 185 Å². The van der Waals surface area contributed by atoms with E-state index in [-0.39, 0.29) is 22.3 Å². The van der Waals surface area contributed by atoms with Gasteiger partial charge in [-0.05, 0) is 54.5 Å². The van der Waals surface area contributed by atoms with Crippen LogP contribution in [0.3, 0.4) is 0 Å². The van der Waals surface area contributed by atoms with Gasteiger partial charge in [0.05, 0.1) is 21.8 Å². The van der Waals surface area contributed by atoms with Crippen LogP contribution >= 0.6 is 23.5 Å². The zero-order chi connectivity index (χ0) is 22.3. The van der Waals surface area contributed by atoms with Crippen LogP contribution in [0.5, 0.6) is 5.75 Å². The van der Waals surface area contributed by atoms with Gasteiger partial charge in [-0.15, -0.1) is 0 Å². The zero-order valence-electron chi connectivity index (χ0n) is 15.9. The predicted molar refractivity (Wildman–Crippen MR) is 110 cm³/mol. The fraction of sp³-hybridized carbons (Fsp3) is 0.333. The summed E-state index contributed by atoms with van der Waals surface area (Å²) in [6, 6.07) is 7.26. The molecule has 0 atom stereocenters. The molecule has 10 heteroatoms. The maximum Gasteiger partial charge on any atom is 0.338 e. The van der Waals surface area contributed by atoms with Gasteiger partial charge in [0.2, 0.25) is 0 Å². The standard InChI is InChI=1S/C21H16ClF3N2O3S/c22-15-6-18(30-12-7-21(24,25)8-12)17(3-11(15)9-26)27-31-19-5-14(20(28)29)16(23)4-13(19)10-1-2-10/h3-6,10,12,27H,1-2,7-8H2,(H,28,29). The first-order chi connectivity index (χ1) is 14.7. The van der Waals surface area contributed by atoms with Crippen molar-refractivity contribution in [3.63, 3.8) is 0 Å². The topological polar surface area (TPSA) is 82.4 Å². The molecule has 162 valence electrons. The van der Waals surface area contributed by atoms with E-state index in [9.17, 15) is 28.3 Å². The molecule has 5 nitrogen and oxygen atoms in total. The molecule has 2 saturated carbocycles. The number of carboxylic acids is 1. The molecule has 0 aliphatic heterocycles. The number of aromatic carboxylic acids is 1. The molecule has 2 aromatic carbocycles. The number of hydrogen-bond donors (Lipinski definition) is 2. The quantitative estimate of drug-likeness (QED) is 0.469. The molecule has 0 radical (unpaired) electrons. The molecule has 0 spiro atoms. The molecule has 2 fully saturated rings. The number of nitriles is 1. The summed E-state index contributed by atoms with van der Waals surface area (Å²) in [5.41, 5.74) is 0.721. The van der Waals surface area contributed by atoms with Gasteiger partial charge in [0.15, 0.2) is 0 Å². The van der Waals surface area contributed by atoms with Gasteiger partial charge < -0.3 is 14.6 Å². The lowest BCUT2D eigenvalue weighted by Gasteiger charge is -2.35. The number of benzene rings is 2. The number of anilines is 1. The predicted octanol–water partition coefficient (Wildman–Crippen LogP) is 6.22. The van der Waals surface area contributed by atoms with E-state index in [0.29, 0.717) is 16.1 Å². The Morgan fingerprint density at radius 3 is 2.58 bits per heavy atom. The minimum Gasteiger partial charge on any atom is -0.488 e.